The lowest BCUT2D eigenvalue weighted by Crippen LogP contribution is -2.13. The second kappa shape index (κ2) is 13.1. The van der Waals surface area contributed by atoms with Crippen LogP contribution in [0.2, 0.25) is 0 Å². The molecular weight excluding hydrogens is 344 g/mol. The second-order valence-electron chi connectivity index (χ2n) is 6.29. The van der Waals surface area contributed by atoms with E-state index in [1.807, 2.05) is 18.2 Å². The van der Waals surface area contributed by atoms with E-state index < -0.39 is 0 Å². The minimum absolute atomic E-state index is 0.0738. The molecule has 2 unspecified atom stereocenters. The number of methoxy groups -OCH3 is 2. The largest absolute Gasteiger partial charge is 0.496 e. The summed E-state index contributed by atoms with van der Waals surface area (Å²) in [5.74, 6) is 0.563. The van der Waals surface area contributed by atoms with Gasteiger partial charge in [-0.25, -0.2) is 0 Å². The lowest BCUT2D eigenvalue weighted by molar-refractivity contribution is -0.144. The number of unbranched alkanes of at least 4 members (excludes halogenated alkanes) is 1. The van der Waals surface area contributed by atoms with Gasteiger partial charge in [0.05, 0.1) is 13.2 Å². The first kappa shape index (κ1) is 22.9. The molecule has 0 saturated heterocycles. The first-order valence-electron chi connectivity index (χ1n) is 9.23. The van der Waals surface area contributed by atoms with Crippen LogP contribution < -0.4 is 4.74 Å². The van der Waals surface area contributed by atoms with Crippen LogP contribution in [0.15, 0.2) is 43.5 Å². The standard InChI is InChI=1S/C22H32O5/c1-6-10-18-15-19(13-14-21(18)25-5)22(26-16-24-4)12-9-8-11-20(7-2)27-17(3)23/h6-7,13-15,20,22H,1-2,8-12,16H2,3-5H3. The van der Waals surface area contributed by atoms with Gasteiger partial charge in [0.2, 0.25) is 0 Å². The van der Waals surface area contributed by atoms with E-state index in [9.17, 15) is 4.79 Å². The highest BCUT2D eigenvalue weighted by Crippen LogP contribution is 2.29. The van der Waals surface area contributed by atoms with Crippen molar-refractivity contribution in [1.82, 2.24) is 0 Å². The van der Waals surface area contributed by atoms with E-state index in [1.165, 1.54) is 6.92 Å². The van der Waals surface area contributed by atoms with Gasteiger partial charge in [-0.3, -0.25) is 4.79 Å². The molecule has 150 valence electrons. The molecule has 5 heteroatoms. The van der Waals surface area contributed by atoms with Crippen molar-refractivity contribution in [3.63, 3.8) is 0 Å². The Kier molecular flexibility index (Phi) is 11.1. The molecule has 0 N–H and O–H groups in total. The maximum absolute atomic E-state index is 11.1. The third-order valence-electron chi connectivity index (χ3n) is 4.21. The van der Waals surface area contributed by atoms with E-state index in [4.69, 9.17) is 18.9 Å². The summed E-state index contributed by atoms with van der Waals surface area (Å²) in [7, 11) is 3.28. The molecule has 27 heavy (non-hydrogen) atoms. The molecule has 0 radical (unpaired) electrons. The van der Waals surface area contributed by atoms with Gasteiger partial charge in [0.1, 0.15) is 18.6 Å². The number of allylic oxidation sites excluding steroid dienone is 1. The lowest BCUT2D eigenvalue weighted by Gasteiger charge is -2.20. The maximum Gasteiger partial charge on any atom is 0.303 e. The van der Waals surface area contributed by atoms with Gasteiger partial charge < -0.3 is 18.9 Å². The van der Waals surface area contributed by atoms with Crippen molar-refractivity contribution in [2.45, 2.75) is 51.2 Å². The Labute approximate surface area is 163 Å². The van der Waals surface area contributed by atoms with E-state index in [0.29, 0.717) is 0 Å². The smallest absolute Gasteiger partial charge is 0.303 e. The molecule has 0 aliphatic heterocycles. The molecule has 0 bridgehead atoms. The zero-order valence-corrected chi connectivity index (χ0v) is 16.7. The van der Waals surface area contributed by atoms with Crippen molar-refractivity contribution >= 4 is 5.97 Å². The topological polar surface area (TPSA) is 54.0 Å². The predicted molar refractivity (Wildman–Crippen MR) is 107 cm³/mol. The van der Waals surface area contributed by atoms with Crippen LogP contribution in [-0.2, 0) is 25.4 Å². The zero-order valence-electron chi connectivity index (χ0n) is 16.7. The van der Waals surface area contributed by atoms with Crippen molar-refractivity contribution in [3.05, 3.63) is 54.6 Å². The summed E-state index contributed by atoms with van der Waals surface area (Å²) in [6, 6.07) is 6.09. The Morgan fingerprint density at radius 2 is 1.93 bits per heavy atom. The Morgan fingerprint density at radius 1 is 1.19 bits per heavy atom. The molecule has 1 rings (SSSR count). The summed E-state index contributed by atoms with van der Waals surface area (Å²) in [4.78, 5) is 11.1. The molecule has 1 aromatic rings. The number of carbonyl (C=O) groups excluding carboxylic acids is 1. The number of hydrogen-bond acceptors (Lipinski definition) is 5. The van der Waals surface area contributed by atoms with Gasteiger partial charge in [-0.15, -0.1) is 6.58 Å². The van der Waals surface area contributed by atoms with Crippen molar-refractivity contribution in [1.29, 1.82) is 0 Å². The number of rotatable bonds is 14. The predicted octanol–water partition coefficient (Wildman–Crippen LogP) is 4.76. The van der Waals surface area contributed by atoms with Crippen LogP contribution in [0.5, 0.6) is 5.75 Å². The number of esters is 1. The van der Waals surface area contributed by atoms with Crippen LogP contribution in [-0.4, -0.2) is 33.1 Å². The Hall–Kier alpha value is -2.11. The van der Waals surface area contributed by atoms with Gasteiger partial charge in [0.15, 0.2) is 0 Å². The molecular formula is C22H32O5. The number of ether oxygens (including phenoxy) is 4. The van der Waals surface area contributed by atoms with Crippen LogP contribution in [0.1, 0.15) is 49.8 Å². The molecule has 0 amide bonds. The number of hydrogen-bond donors (Lipinski definition) is 0. The number of carbonyl (C=O) groups is 1. The summed E-state index contributed by atoms with van der Waals surface area (Å²) in [5, 5.41) is 0. The summed E-state index contributed by atoms with van der Waals surface area (Å²) in [6.07, 6.45) is 7.39. The van der Waals surface area contributed by atoms with Crippen LogP contribution in [0.4, 0.5) is 0 Å². The summed E-state index contributed by atoms with van der Waals surface area (Å²) in [5.41, 5.74) is 2.17. The highest BCUT2D eigenvalue weighted by atomic mass is 16.7. The van der Waals surface area contributed by atoms with E-state index >= 15 is 0 Å². The highest BCUT2D eigenvalue weighted by Gasteiger charge is 2.15. The van der Waals surface area contributed by atoms with Gasteiger partial charge in [0.25, 0.3) is 0 Å². The van der Waals surface area contributed by atoms with Gasteiger partial charge >= 0.3 is 5.97 Å². The zero-order chi connectivity index (χ0) is 20.1. The fourth-order valence-corrected chi connectivity index (χ4v) is 2.92. The van der Waals surface area contributed by atoms with Gasteiger partial charge in [-0.2, -0.15) is 0 Å². The highest BCUT2D eigenvalue weighted by molar-refractivity contribution is 5.66. The second-order valence-corrected chi connectivity index (χ2v) is 6.29. The Bertz CT molecular complexity index is 596. The van der Waals surface area contributed by atoms with Crippen LogP contribution in [0, 0.1) is 0 Å². The molecule has 0 spiro atoms. The molecule has 2 atom stereocenters. The molecule has 1 aromatic carbocycles. The molecule has 0 aromatic heterocycles. The maximum atomic E-state index is 11.1. The van der Waals surface area contributed by atoms with Gasteiger partial charge in [-0.05, 0) is 48.9 Å². The first-order chi connectivity index (χ1) is 13.0. The normalized spacial score (nSPS) is 12.9. The minimum atomic E-state index is -0.283. The molecule has 0 aliphatic carbocycles. The third kappa shape index (κ3) is 8.41. The molecule has 5 nitrogen and oxygen atoms in total. The van der Waals surface area contributed by atoms with Crippen molar-refractivity contribution < 1.29 is 23.7 Å². The summed E-state index contributed by atoms with van der Waals surface area (Å²) >= 11 is 0. The van der Waals surface area contributed by atoms with E-state index in [-0.39, 0.29) is 25.0 Å². The van der Waals surface area contributed by atoms with Crippen LogP contribution >= 0.6 is 0 Å². The fraction of sp³-hybridized carbons (Fsp3) is 0.500. The third-order valence-corrected chi connectivity index (χ3v) is 4.21. The van der Waals surface area contributed by atoms with Crippen LogP contribution in [0.25, 0.3) is 0 Å². The van der Waals surface area contributed by atoms with Gasteiger partial charge in [-0.1, -0.05) is 31.2 Å². The average molecular weight is 376 g/mol. The molecule has 0 fully saturated rings. The molecule has 0 saturated carbocycles. The molecule has 0 aliphatic rings. The van der Waals surface area contributed by atoms with Crippen molar-refractivity contribution in [3.8, 4) is 5.75 Å². The monoisotopic (exact) mass is 376 g/mol. The molecule has 0 heterocycles. The number of benzene rings is 1. The van der Waals surface area contributed by atoms with Gasteiger partial charge in [0, 0.05) is 14.0 Å². The van der Waals surface area contributed by atoms with Crippen molar-refractivity contribution in [2.75, 3.05) is 21.0 Å². The van der Waals surface area contributed by atoms with E-state index in [1.54, 1.807) is 20.3 Å². The Morgan fingerprint density at radius 3 is 2.52 bits per heavy atom. The first-order valence-corrected chi connectivity index (χ1v) is 9.23. The van der Waals surface area contributed by atoms with Crippen molar-refractivity contribution in [2.24, 2.45) is 0 Å². The fourth-order valence-electron chi connectivity index (χ4n) is 2.92. The van der Waals surface area contributed by atoms with E-state index in [2.05, 4.69) is 19.2 Å². The van der Waals surface area contributed by atoms with E-state index in [0.717, 1.165) is 49.0 Å². The summed E-state index contributed by atoms with van der Waals surface area (Å²) < 4.78 is 21.6. The minimum Gasteiger partial charge on any atom is -0.496 e. The lowest BCUT2D eigenvalue weighted by atomic mass is 9.98. The quantitative estimate of drug-likeness (QED) is 0.203. The van der Waals surface area contributed by atoms with Crippen LogP contribution in [0.3, 0.4) is 0 Å². The Balaban J connectivity index is 2.72. The average Bonchev–Trinajstić information content (AvgIpc) is 2.66. The SMILES string of the molecule is C=CCc1cc(C(CCCCC(C=C)OC(C)=O)OCOC)ccc1OC. The summed E-state index contributed by atoms with van der Waals surface area (Å²) in [6.45, 7) is 9.18.